The molecule has 10 nitrogen and oxygen atoms in total. The number of rotatable bonds is 14. The van der Waals surface area contributed by atoms with Crippen LogP contribution < -0.4 is 4.74 Å². The number of aliphatic hydroxyl groups excluding tert-OH is 1. The summed E-state index contributed by atoms with van der Waals surface area (Å²) in [5.41, 5.74) is 4.37. The van der Waals surface area contributed by atoms with Crippen LogP contribution in [-0.2, 0) is 43.1 Å². The Labute approximate surface area is 314 Å². The summed E-state index contributed by atoms with van der Waals surface area (Å²) >= 11 is 0. The van der Waals surface area contributed by atoms with E-state index in [1.54, 1.807) is 103 Å². The number of carbonyl (C=O) groups excluding carboxylic acids is 3. The molecule has 5 aromatic carbocycles. The molecular formula is C44H42O10. The van der Waals surface area contributed by atoms with Crippen molar-refractivity contribution in [2.45, 2.75) is 57.1 Å². The van der Waals surface area contributed by atoms with Crippen LogP contribution in [0.25, 0.3) is 0 Å². The highest BCUT2D eigenvalue weighted by atomic mass is 16.7. The Morgan fingerprint density at radius 2 is 1.15 bits per heavy atom. The number of aryl methyl sites for hydroxylation is 1. The molecule has 0 bridgehead atoms. The molecule has 0 radical (unpaired) electrons. The van der Waals surface area contributed by atoms with Crippen LogP contribution in [-0.4, -0.2) is 67.4 Å². The molecule has 1 heterocycles. The molecular weight excluding hydrogens is 688 g/mol. The van der Waals surface area contributed by atoms with Crippen LogP contribution in [0.15, 0.2) is 133 Å². The molecule has 1 aliphatic heterocycles. The predicted octanol–water partition coefficient (Wildman–Crippen LogP) is 6.76. The summed E-state index contributed by atoms with van der Waals surface area (Å²) in [6, 6.07) is 38.8. The molecule has 0 aromatic heterocycles. The topological polar surface area (TPSA) is 127 Å². The van der Waals surface area contributed by atoms with E-state index in [9.17, 15) is 19.5 Å². The zero-order valence-corrected chi connectivity index (χ0v) is 30.0. The largest absolute Gasteiger partial charge is 0.460 e. The van der Waals surface area contributed by atoms with Gasteiger partial charge in [-0.3, -0.25) is 0 Å². The predicted molar refractivity (Wildman–Crippen MR) is 199 cm³/mol. The van der Waals surface area contributed by atoms with Crippen molar-refractivity contribution < 1.29 is 47.9 Å². The molecule has 5 atom stereocenters. The second-order valence-corrected chi connectivity index (χ2v) is 12.7. The van der Waals surface area contributed by atoms with Crippen molar-refractivity contribution in [1.82, 2.24) is 0 Å². The van der Waals surface area contributed by atoms with Crippen molar-refractivity contribution >= 4 is 17.9 Å². The molecule has 54 heavy (non-hydrogen) atoms. The summed E-state index contributed by atoms with van der Waals surface area (Å²) in [5.74, 6) is -1.68. The quantitative estimate of drug-likeness (QED) is 0.0968. The second kappa shape index (κ2) is 18.3. The van der Waals surface area contributed by atoms with Crippen LogP contribution in [0.1, 0.15) is 60.3 Å². The molecule has 10 heteroatoms. The fraction of sp³-hybridized carbons (Fsp3) is 0.250. The standard InChI is InChI=1S/C44H42O10/c1-3-29-19-21-30(22-20-29)25-35-24-23-31(27-45)26-36(35)51-44-40(54-43(48)34-17-11-6-12-18-34)39(53-42(47)33-15-9-5-10-16-33)38(49-2)37(52-44)28-50-41(46)32-13-7-4-8-14-32/h4-24,26,37-40,44-45H,3,25,27-28H2,1-2H3/t37-,38-,39+,40-,44+/m1/s1. The van der Waals surface area contributed by atoms with Gasteiger partial charge in [0.2, 0.25) is 12.4 Å². The summed E-state index contributed by atoms with van der Waals surface area (Å²) in [6.07, 6.45) is -4.87. The number of hydrogen-bond donors (Lipinski definition) is 1. The summed E-state index contributed by atoms with van der Waals surface area (Å²) in [7, 11) is 1.40. The summed E-state index contributed by atoms with van der Waals surface area (Å²) in [6.45, 7) is 1.51. The summed E-state index contributed by atoms with van der Waals surface area (Å²) < 4.78 is 37.0. The lowest BCUT2D eigenvalue weighted by atomic mass is 9.97. The van der Waals surface area contributed by atoms with Crippen molar-refractivity contribution in [3.63, 3.8) is 0 Å². The third-order valence-electron chi connectivity index (χ3n) is 9.14. The molecule has 0 saturated carbocycles. The first-order chi connectivity index (χ1) is 26.4. The van der Waals surface area contributed by atoms with E-state index in [1.165, 1.54) is 12.7 Å². The Morgan fingerprint density at radius 1 is 0.630 bits per heavy atom. The van der Waals surface area contributed by atoms with E-state index < -0.39 is 48.6 Å². The van der Waals surface area contributed by atoms with E-state index in [4.69, 9.17) is 28.4 Å². The molecule has 1 aliphatic rings. The lowest BCUT2D eigenvalue weighted by Crippen LogP contribution is -2.63. The number of hydrogen-bond acceptors (Lipinski definition) is 10. The van der Waals surface area contributed by atoms with E-state index in [-0.39, 0.29) is 24.3 Å². The van der Waals surface area contributed by atoms with Crippen LogP contribution in [0.2, 0.25) is 0 Å². The average Bonchev–Trinajstić information content (AvgIpc) is 3.22. The third kappa shape index (κ3) is 9.40. The molecule has 0 unspecified atom stereocenters. The van der Waals surface area contributed by atoms with E-state index in [0.717, 1.165) is 17.5 Å². The van der Waals surface area contributed by atoms with E-state index in [1.807, 2.05) is 18.2 Å². The van der Waals surface area contributed by atoms with Gasteiger partial charge in [-0.05, 0) is 71.1 Å². The van der Waals surface area contributed by atoms with Crippen LogP contribution in [0.5, 0.6) is 5.75 Å². The number of carbonyl (C=O) groups is 3. The maximum absolute atomic E-state index is 13.7. The van der Waals surface area contributed by atoms with Crippen molar-refractivity contribution in [2.75, 3.05) is 13.7 Å². The normalized spacial score (nSPS) is 19.4. The number of esters is 3. The first-order valence-corrected chi connectivity index (χ1v) is 17.8. The molecule has 0 aliphatic carbocycles. The molecule has 0 amide bonds. The van der Waals surface area contributed by atoms with Gasteiger partial charge in [-0.2, -0.15) is 0 Å². The van der Waals surface area contributed by atoms with Crippen molar-refractivity contribution in [2.24, 2.45) is 0 Å². The van der Waals surface area contributed by atoms with Gasteiger partial charge < -0.3 is 33.5 Å². The zero-order chi connectivity index (χ0) is 37.9. The van der Waals surface area contributed by atoms with Crippen molar-refractivity contribution in [1.29, 1.82) is 0 Å². The highest BCUT2D eigenvalue weighted by molar-refractivity contribution is 5.90. The summed E-state index contributed by atoms with van der Waals surface area (Å²) in [4.78, 5) is 40.4. The maximum atomic E-state index is 13.7. The monoisotopic (exact) mass is 730 g/mol. The Bertz CT molecular complexity index is 1980. The molecule has 278 valence electrons. The van der Waals surface area contributed by atoms with E-state index >= 15 is 0 Å². The Kier molecular flexibility index (Phi) is 12.8. The first-order valence-electron chi connectivity index (χ1n) is 17.8. The number of aliphatic hydroxyl groups is 1. The SMILES string of the molecule is CCc1ccc(Cc2ccc(CO)cc2O[C@H]2O[C@H](COC(=O)c3ccccc3)[C@@H](OC)[C@H](OC(=O)c3ccccc3)[C@H]2OC(=O)c2ccccc2)cc1. The van der Waals surface area contributed by atoms with Gasteiger partial charge in [0.1, 0.15) is 24.6 Å². The molecule has 1 fully saturated rings. The first kappa shape index (κ1) is 37.9. The number of ether oxygens (including phenoxy) is 6. The maximum Gasteiger partial charge on any atom is 0.338 e. The molecule has 5 aromatic rings. The smallest absolute Gasteiger partial charge is 0.338 e. The van der Waals surface area contributed by atoms with Crippen LogP contribution in [0.4, 0.5) is 0 Å². The minimum absolute atomic E-state index is 0.246. The van der Waals surface area contributed by atoms with E-state index in [0.29, 0.717) is 23.3 Å². The van der Waals surface area contributed by atoms with Crippen LogP contribution >= 0.6 is 0 Å². The molecule has 1 saturated heterocycles. The summed E-state index contributed by atoms with van der Waals surface area (Å²) in [5, 5.41) is 10.1. The Balaban J connectivity index is 1.39. The number of methoxy groups -OCH3 is 1. The van der Waals surface area contributed by atoms with Gasteiger partial charge in [-0.1, -0.05) is 97.9 Å². The van der Waals surface area contributed by atoms with Crippen LogP contribution in [0, 0.1) is 0 Å². The Morgan fingerprint density at radius 3 is 1.69 bits per heavy atom. The minimum atomic E-state index is -1.41. The van der Waals surface area contributed by atoms with Crippen molar-refractivity contribution in [3.8, 4) is 5.75 Å². The minimum Gasteiger partial charge on any atom is -0.460 e. The van der Waals surface area contributed by atoms with Gasteiger partial charge in [-0.15, -0.1) is 0 Å². The van der Waals surface area contributed by atoms with Gasteiger partial charge in [-0.25, -0.2) is 14.4 Å². The highest BCUT2D eigenvalue weighted by Crippen LogP contribution is 2.34. The lowest BCUT2D eigenvalue weighted by Gasteiger charge is -2.44. The lowest BCUT2D eigenvalue weighted by molar-refractivity contribution is -0.280. The van der Waals surface area contributed by atoms with Gasteiger partial charge >= 0.3 is 17.9 Å². The van der Waals surface area contributed by atoms with Gasteiger partial charge in [0.25, 0.3) is 0 Å². The van der Waals surface area contributed by atoms with Gasteiger partial charge in [0.05, 0.1) is 23.3 Å². The highest BCUT2D eigenvalue weighted by Gasteiger charge is 2.52. The van der Waals surface area contributed by atoms with Crippen LogP contribution in [0.3, 0.4) is 0 Å². The Hall–Kier alpha value is -5.81. The molecule has 0 spiro atoms. The number of benzene rings is 5. The van der Waals surface area contributed by atoms with Gasteiger partial charge in [0, 0.05) is 13.5 Å². The molecule has 1 N–H and O–H groups in total. The molecule has 6 rings (SSSR count). The van der Waals surface area contributed by atoms with Gasteiger partial charge in [0.15, 0.2) is 6.10 Å². The third-order valence-corrected chi connectivity index (χ3v) is 9.14. The fourth-order valence-corrected chi connectivity index (χ4v) is 6.19. The second-order valence-electron chi connectivity index (χ2n) is 12.7. The fourth-order valence-electron chi connectivity index (χ4n) is 6.19. The average molecular weight is 731 g/mol. The van der Waals surface area contributed by atoms with E-state index in [2.05, 4.69) is 19.1 Å². The zero-order valence-electron chi connectivity index (χ0n) is 30.0. The van der Waals surface area contributed by atoms with Crippen molar-refractivity contribution in [3.05, 3.63) is 172 Å².